The minimum atomic E-state index is -4.27. The maximum Gasteiger partial charge on any atom is 0.398 e. The zero-order valence-corrected chi connectivity index (χ0v) is 12.6. The molecule has 0 aromatic heterocycles. The summed E-state index contributed by atoms with van der Waals surface area (Å²) in [5.74, 6) is -1.01. The molecule has 8 heteroatoms. The van der Waals surface area contributed by atoms with Gasteiger partial charge >= 0.3 is 12.2 Å². The Morgan fingerprint density at radius 1 is 1.41 bits per heavy atom. The van der Waals surface area contributed by atoms with Gasteiger partial charge in [-0.2, -0.15) is 13.2 Å². The van der Waals surface area contributed by atoms with Gasteiger partial charge in [-0.15, -0.1) is 11.8 Å². The molecule has 0 saturated carbocycles. The number of para-hydroxylation sites is 1. The van der Waals surface area contributed by atoms with Gasteiger partial charge in [-0.1, -0.05) is 12.1 Å². The third-order valence-corrected chi connectivity index (χ3v) is 4.34. The number of hydrogen-bond donors (Lipinski definition) is 2. The highest BCUT2D eigenvalue weighted by Gasteiger charge is 2.28. The number of carbonyl (C=O) groups excluding carboxylic acids is 1. The Morgan fingerprint density at radius 2 is 2.14 bits per heavy atom. The van der Waals surface area contributed by atoms with E-state index in [1.54, 1.807) is 18.2 Å². The van der Waals surface area contributed by atoms with Crippen LogP contribution in [-0.4, -0.2) is 47.2 Å². The molecule has 2 rings (SSSR count). The monoisotopic (exact) mass is 334 g/mol. The fourth-order valence-corrected chi connectivity index (χ4v) is 2.96. The Hall–Kier alpha value is -1.41. The van der Waals surface area contributed by atoms with E-state index in [0.29, 0.717) is 41.7 Å². The molecule has 1 aromatic rings. The minimum Gasteiger partial charge on any atom is -0.391 e. The summed E-state index contributed by atoms with van der Waals surface area (Å²) in [6.07, 6.45) is -3.45. The number of thioether (sulfide) groups is 1. The van der Waals surface area contributed by atoms with Crippen LogP contribution in [0.25, 0.3) is 0 Å². The number of rotatable bonds is 3. The van der Waals surface area contributed by atoms with Crippen LogP contribution in [-0.2, 0) is 0 Å². The molecule has 1 aromatic carbocycles. The van der Waals surface area contributed by atoms with Gasteiger partial charge in [0.25, 0.3) is 0 Å². The van der Waals surface area contributed by atoms with Crippen LogP contribution < -0.4 is 5.32 Å². The molecule has 22 heavy (non-hydrogen) atoms. The van der Waals surface area contributed by atoms with E-state index in [-0.39, 0.29) is 6.54 Å². The fraction of sp³-hybridized carbons (Fsp3) is 0.500. The molecule has 1 aliphatic rings. The predicted molar refractivity (Wildman–Crippen MR) is 79.1 cm³/mol. The van der Waals surface area contributed by atoms with Crippen molar-refractivity contribution in [3.8, 4) is 0 Å². The highest BCUT2D eigenvalue weighted by molar-refractivity contribution is 7.99. The Morgan fingerprint density at radius 3 is 2.82 bits per heavy atom. The maximum absolute atomic E-state index is 12.3. The summed E-state index contributed by atoms with van der Waals surface area (Å²) in [5.41, 5.74) is 0.349. The van der Waals surface area contributed by atoms with Crippen molar-refractivity contribution in [3.63, 3.8) is 0 Å². The van der Waals surface area contributed by atoms with Crippen molar-refractivity contribution in [3.05, 3.63) is 24.3 Å². The van der Waals surface area contributed by atoms with Crippen molar-refractivity contribution in [1.82, 2.24) is 4.90 Å². The first-order chi connectivity index (χ1) is 10.3. The SMILES string of the molecule is O=C(Nc1ccccc1SCC(F)(F)F)N1CCCC(O)C1. The van der Waals surface area contributed by atoms with Crippen LogP contribution in [0.5, 0.6) is 0 Å². The summed E-state index contributed by atoms with van der Waals surface area (Å²) in [6, 6.07) is 5.98. The lowest BCUT2D eigenvalue weighted by molar-refractivity contribution is -0.105. The van der Waals surface area contributed by atoms with Crippen molar-refractivity contribution in [1.29, 1.82) is 0 Å². The van der Waals surface area contributed by atoms with Crippen molar-refractivity contribution in [2.45, 2.75) is 30.0 Å². The highest BCUT2D eigenvalue weighted by Crippen LogP contribution is 2.32. The van der Waals surface area contributed by atoms with Gasteiger partial charge in [0.2, 0.25) is 0 Å². The van der Waals surface area contributed by atoms with Gasteiger partial charge in [0.1, 0.15) is 0 Å². The number of piperidine rings is 1. The second-order valence-electron chi connectivity index (χ2n) is 5.07. The standard InChI is InChI=1S/C14H17F3N2O2S/c15-14(16,17)9-22-12-6-2-1-5-11(12)18-13(21)19-7-3-4-10(20)8-19/h1-2,5-6,10,20H,3-4,7-9H2,(H,18,21). The largest absolute Gasteiger partial charge is 0.398 e. The van der Waals surface area contributed by atoms with Crippen LogP contribution in [0.4, 0.5) is 23.7 Å². The number of β-amino-alcohol motifs (C(OH)–C–C–N with tert-alkyl or cyclic N) is 1. The molecule has 1 fully saturated rings. The predicted octanol–water partition coefficient (Wildman–Crippen LogP) is 3.33. The molecule has 122 valence electrons. The lowest BCUT2D eigenvalue weighted by Gasteiger charge is -2.30. The number of carbonyl (C=O) groups is 1. The topological polar surface area (TPSA) is 52.6 Å². The van der Waals surface area contributed by atoms with Crippen LogP contribution >= 0.6 is 11.8 Å². The number of benzene rings is 1. The average Bonchev–Trinajstić information content (AvgIpc) is 2.45. The number of anilines is 1. The van der Waals surface area contributed by atoms with Crippen molar-refractivity contribution in [2.24, 2.45) is 0 Å². The Balaban J connectivity index is 2.01. The Kier molecular flexibility index (Phi) is 5.57. The Labute approximate surface area is 130 Å². The summed E-state index contributed by atoms with van der Waals surface area (Å²) in [5, 5.41) is 12.2. The summed E-state index contributed by atoms with van der Waals surface area (Å²) in [7, 11) is 0. The van der Waals surface area contributed by atoms with E-state index in [1.807, 2.05) is 0 Å². The molecular formula is C14H17F3N2O2S. The number of halogens is 3. The molecule has 2 amide bonds. The lowest BCUT2D eigenvalue weighted by Crippen LogP contribution is -2.44. The van der Waals surface area contributed by atoms with Gasteiger partial charge in [0.15, 0.2) is 0 Å². The first-order valence-electron chi connectivity index (χ1n) is 6.88. The second-order valence-corrected chi connectivity index (χ2v) is 6.09. The van der Waals surface area contributed by atoms with Gasteiger partial charge in [-0.3, -0.25) is 0 Å². The molecule has 4 nitrogen and oxygen atoms in total. The van der Waals surface area contributed by atoms with Crippen molar-refractivity contribution >= 4 is 23.5 Å². The number of aliphatic hydroxyl groups excluding tert-OH is 1. The average molecular weight is 334 g/mol. The minimum absolute atomic E-state index is 0.240. The van der Waals surface area contributed by atoms with E-state index in [0.717, 1.165) is 0 Å². The van der Waals surface area contributed by atoms with E-state index < -0.39 is 24.1 Å². The fourth-order valence-electron chi connectivity index (χ4n) is 2.19. The molecule has 0 bridgehead atoms. The normalized spacial score (nSPS) is 19.1. The molecular weight excluding hydrogens is 317 g/mol. The molecule has 1 aliphatic heterocycles. The first kappa shape index (κ1) is 17.0. The molecule has 2 N–H and O–H groups in total. The highest BCUT2D eigenvalue weighted by atomic mass is 32.2. The lowest BCUT2D eigenvalue weighted by atomic mass is 10.1. The first-order valence-corrected chi connectivity index (χ1v) is 7.86. The number of amides is 2. The zero-order chi connectivity index (χ0) is 16.2. The van der Waals surface area contributed by atoms with Crippen molar-refractivity contribution in [2.75, 3.05) is 24.2 Å². The molecule has 1 unspecified atom stereocenters. The third-order valence-electron chi connectivity index (χ3n) is 3.20. The number of likely N-dealkylation sites (tertiary alicyclic amines) is 1. The smallest absolute Gasteiger partial charge is 0.391 e. The summed E-state index contributed by atoms with van der Waals surface area (Å²) in [4.78, 5) is 14.0. The van der Waals surface area contributed by atoms with Gasteiger partial charge in [-0.25, -0.2) is 4.79 Å². The van der Waals surface area contributed by atoms with E-state index in [9.17, 15) is 23.1 Å². The van der Waals surface area contributed by atoms with Crippen LogP contribution in [0, 0.1) is 0 Å². The number of urea groups is 1. The van der Waals surface area contributed by atoms with Gasteiger partial charge in [0, 0.05) is 18.0 Å². The number of nitrogens with zero attached hydrogens (tertiary/aromatic N) is 1. The number of alkyl halides is 3. The van der Waals surface area contributed by atoms with Gasteiger partial charge < -0.3 is 15.3 Å². The van der Waals surface area contributed by atoms with Crippen LogP contribution in [0.2, 0.25) is 0 Å². The summed E-state index contributed by atoms with van der Waals surface area (Å²) in [6.45, 7) is 0.768. The van der Waals surface area contributed by atoms with E-state index in [1.165, 1.54) is 11.0 Å². The summed E-state index contributed by atoms with van der Waals surface area (Å²) < 4.78 is 37.0. The van der Waals surface area contributed by atoms with E-state index in [2.05, 4.69) is 5.32 Å². The molecule has 1 saturated heterocycles. The van der Waals surface area contributed by atoms with E-state index >= 15 is 0 Å². The van der Waals surface area contributed by atoms with Gasteiger partial charge in [0.05, 0.1) is 17.5 Å². The van der Waals surface area contributed by atoms with Crippen LogP contribution in [0.15, 0.2) is 29.2 Å². The van der Waals surface area contributed by atoms with Crippen LogP contribution in [0.3, 0.4) is 0 Å². The maximum atomic E-state index is 12.3. The van der Waals surface area contributed by atoms with Crippen LogP contribution in [0.1, 0.15) is 12.8 Å². The van der Waals surface area contributed by atoms with Gasteiger partial charge in [-0.05, 0) is 25.0 Å². The molecule has 0 aliphatic carbocycles. The Bertz CT molecular complexity index is 525. The molecule has 1 heterocycles. The molecule has 1 atom stereocenters. The number of aliphatic hydroxyl groups is 1. The summed E-state index contributed by atoms with van der Waals surface area (Å²) >= 11 is 0.636. The second kappa shape index (κ2) is 7.23. The zero-order valence-electron chi connectivity index (χ0n) is 11.8. The number of nitrogens with one attached hydrogen (secondary N) is 1. The number of hydrogen-bond acceptors (Lipinski definition) is 3. The third kappa shape index (κ3) is 5.10. The van der Waals surface area contributed by atoms with Crippen molar-refractivity contribution < 1.29 is 23.1 Å². The molecule has 0 spiro atoms. The van der Waals surface area contributed by atoms with E-state index in [4.69, 9.17) is 0 Å². The quantitative estimate of drug-likeness (QED) is 0.834. The molecule has 0 radical (unpaired) electrons.